The highest BCUT2D eigenvalue weighted by Gasteiger charge is 2.40. The zero-order valence-electron chi connectivity index (χ0n) is 14.4. The molecule has 0 saturated carbocycles. The first kappa shape index (κ1) is 20.3. The number of alkyl halides is 3. The predicted octanol–water partition coefficient (Wildman–Crippen LogP) is 2.81. The molecule has 3 rings (SSSR count). The third-order valence-electron chi connectivity index (χ3n) is 4.70. The maximum atomic E-state index is 13.7. The van der Waals surface area contributed by atoms with Crippen LogP contribution in [0.5, 0.6) is 0 Å². The highest BCUT2D eigenvalue weighted by Crippen LogP contribution is 2.31. The Morgan fingerprint density at radius 1 is 1.18 bits per heavy atom. The molecular formula is C17H16F6N4O. The van der Waals surface area contributed by atoms with Gasteiger partial charge in [0.2, 0.25) is 5.82 Å². The normalized spacial score (nSPS) is 18.0. The Labute approximate surface area is 155 Å². The highest BCUT2D eigenvalue weighted by atomic mass is 19.4. The van der Waals surface area contributed by atoms with Crippen LogP contribution < -0.4 is 5.73 Å². The van der Waals surface area contributed by atoms with Crippen molar-refractivity contribution in [3.63, 3.8) is 0 Å². The molecule has 1 aromatic carbocycles. The Balaban J connectivity index is 1.63. The van der Waals surface area contributed by atoms with E-state index in [1.165, 1.54) is 0 Å². The fourth-order valence-corrected chi connectivity index (χ4v) is 3.31. The second kappa shape index (κ2) is 7.53. The van der Waals surface area contributed by atoms with Crippen LogP contribution in [0, 0.1) is 23.4 Å². The Hall–Kier alpha value is -2.43. The minimum atomic E-state index is -4.63. The van der Waals surface area contributed by atoms with Gasteiger partial charge in [-0.15, -0.1) is 10.2 Å². The largest absolute Gasteiger partial charge is 0.451 e. The number of hydrogen-bond acceptors (Lipinski definition) is 4. The lowest BCUT2D eigenvalue weighted by Gasteiger charge is -2.24. The minimum Gasteiger partial charge on any atom is -0.327 e. The molecule has 0 radical (unpaired) electrons. The van der Waals surface area contributed by atoms with Gasteiger partial charge < -0.3 is 10.3 Å². The highest BCUT2D eigenvalue weighted by molar-refractivity contribution is 5.81. The molecule has 152 valence electrons. The number of aromatic nitrogens is 3. The van der Waals surface area contributed by atoms with Crippen molar-refractivity contribution < 1.29 is 31.1 Å². The van der Waals surface area contributed by atoms with Crippen LogP contribution in [0.15, 0.2) is 12.1 Å². The third kappa shape index (κ3) is 4.18. The van der Waals surface area contributed by atoms with Crippen LogP contribution >= 0.6 is 0 Å². The van der Waals surface area contributed by atoms with Gasteiger partial charge in [-0.3, -0.25) is 4.79 Å². The molecule has 5 nitrogen and oxygen atoms in total. The van der Waals surface area contributed by atoms with E-state index in [9.17, 15) is 31.1 Å². The van der Waals surface area contributed by atoms with Crippen LogP contribution in [0.4, 0.5) is 26.3 Å². The van der Waals surface area contributed by atoms with Gasteiger partial charge in [0.05, 0.1) is 0 Å². The van der Waals surface area contributed by atoms with Crippen molar-refractivity contribution in [2.75, 3.05) is 0 Å². The monoisotopic (exact) mass is 406 g/mol. The average molecular weight is 406 g/mol. The van der Waals surface area contributed by atoms with Gasteiger partial charge in [-0.05, 0) is 24.5 Å². The molecule has 0 spiro atoms. The van der Waals surface area contributed by atoms with Crippen LogP contribution in [0.3, 0.4) is 0 Å². The number of carbonyl (C=O) groups is 1. The Morgan fingerprint density at radius 2 is 1.86 bits per heavy atom. The zero-order chi connectivity index (χ0) is 20.6. The molecule has 0 aliphatic carbocycles. The maximum absolute atomic E-state index is 13.7. The molecule has 1 aliphatic heterocycles. The summed E-state index contributed by atoms with van der Waals surface area (Å²) in [6, 6.07) is 0.250. The number of nitrogens with zero attached hydrogens (tertiary/aromatic N) is 3. The van der Waals surface area contributed by atoms with E-state index in [4.69, 9.17) is 5.73 Å². The summed E-state index contributed by atoms with van der Waals surface area (Å²) in [4.78, 5) is 12.4. The topological polar surface area (TPSA) is 73.8 Å². The summed E-state index contributed by atoms with van der Waals surface area (Å²) in [5.74, 6) is -5.43. The van der Waals surface area contributed by atoms with E-state index in [0.717, 1.165) is 4.57 Å². The summed E-state index contributed by atoms with van der Waals surface area (Å²) in [7, 11) is 0. The lowest BCUT2D eigenvalue weighted by molar-refractivity contribution is -0.147. The Morgan fingerprint density at radius 3 is 2.54 bits per heavy atom. The molecular weight excluding hydrogens is 390 g/mol. The third-order valence-corrected chi connectivity index (χ3v) is 4.70. The molecule has 0 bridgehead atoms. The van der Waals surface area contributed by atoms with Crippen molar-refractivity contribution in [3.8, 4) is 0 Å². The molecule has 2 heterocycles. The molecule has 2 N–H and O–H groups in total. The standard InChI is InChI=1S/C17H16F6N4O/c18-11-7-13(20)12(19)4-9(11)3-10(24)6-14(28)8-1-2-27-15(5-8)25-26-16(27)17(21,22)23/h4,7-8,10H,1-3,5-6,24H2. The van der Waals surface area contributed by atoms with Crippen molar-refractivity contribution in [3.05, 3.63) is 46.8 Å². The lowest BCUT2D eigenvalue weighted by atomic mass is 9.88. The summed E-state index contributed by atoms with van der Waals surface area (Å²) < 4.78 is 79.4. The second-order valence-corrected chi connectivity index (χ2v) is 6.77. The van der Waals surface area contributed by atoms with Gasteiger partial charge in [0.1, 0.15) is 17.4 Å². The average Bonchev–Trinajstić information content (AvgIpc) is 3.03. The molecule has 2 unspecified atom stereocenters. The van der Waals surface area contributed by atoms with Crippen molar-refractivity contribution >= 4 is 5.78 Å². The molecule has 0 amide bonds. The van der Waals surface area contributed by atoms with E-state index >= 15 is 0 Å². The van der Waals surface area contributed by atoms with Gasteiger partial charge in [0, 0.05) is 37.4 Å². The molecule has 11 heteroatoms. The molecule has 2 aromatic rings. The number of fused-ring (bicyclic) bond motifs is 1. The fraction of sp³-hybridized carbons (Fsp3) is 0.471. The van der Waals surface area contributed by atoms with Gasteiger partial charge >= 0.3 is 6.18 Å². The van der Waals surface area contributed by atoms with E-state index in [1.807, 2.05) is 0 Å². The molecule has 0 saturated heterocycles. The van der Waals surface area contributed by atoms with E-state index in [2.05, 4.69) is 10.2 Å². The number of benzene rings is 1. The number of ketones is 1. The van der Waals surface area contributed by atoms with Crippen LogP contribution in [0.25, 0.3) is 0 Å². The summed E-state index contributed by atoms with van der Waals surface area (Å²) in [6.07, 6.45) is -4.83. The second-order valence-electron chi connectivity index (χ2n) is 6.77. The molecule has 1 aliphatic rings. The van der Waals surface area contributed by atoms with E-state index in [1.54, 1.807) is 0 Å². The first-order valence-corrected chi connectivity index (χ1v) is 8.47. The molecule has 28 heavy (non-hydrogen) atoms. The van der Waals surface area contributed by atoms with E-state index in [0.29, 0.717) is 12.1 Å². The summed E-state index contributed by atoms with van der Waals surface area (Å²) in [5, 5.41) is 6.66. The Kier molecular flexibility index (Phi) is 5.46. The number of carbonyl (C=O) groups excluding carboxylic acids is 1. The van der Waals surface area contributed by atoms with Crippen LogP contribution in [0.2, 0.25) is 0 Å². The number of hydrogen-bond donors (Lipinski definition) is 1. The van der Waals surface area contributed by atoms with Crippen molar-refractivity contribution in [2.24, 2.45) is 11.7 Å². The van der Waals surface area contributed by atoms with Gasteiger partial charge in [-0.2, -0.15) is 13.2 Å². The number of Topliss-reactive ketones (excluding diaryl/α,β-unsaturated/α-hetero) is 1. The minimum absolute atomic E-state index is 0.00578. The van der Waals surface area contributed by atoms with Gasteiger partial charge in [0.25, 0.3) is 0 Å². The van der Waals surface area contributed by atoms with Crippen LogP contribution in [-0.4, -0.2) is 26.6 Å². The first-order chi connectivity index (χ1) is 13.1. The Bertz CT molecular complexity index is 895. The molecule has 0 fully saturated rings. The summed E-state index contributed by atoms with van der Waals surface area (Å²) in [6.45, 7) is -0.0549. The van der Waals surface area contributed by atoms with Gasteiger partial charge in [0.15, 0.2) is 11.6 Å². The smallest absolute Gasteiger partial charge is 0.327 e. The first-order valence-electron chi connectivity index (χ1n) is 8.47. The van der Waals surface area contributed by atoms with E-state index < -0.39 is 41.4 Å². The van der Waals surface area contributed by atoms with Crippen LogP contribution in [-0.2, 0) is 30.4 Å². The fourth-order valence-electron chi connectivity index (χ4n) is 3.31. The number of halogens is 6. The summed E-state index contributed by atoms with van der Waals surface area (Å²) >= 11 is 0. The SMILES string of the molecule is NC(CC(=O)C1CCn2c(nnc2C(F)(F)F)C1)Cc1cc(F)c(F)cc1F. The number of rotatable bonds is 5. The van der Waals surface area contributed by atoms with Gasteiger partial charge in [-0.1, -0.05) is 0 Å². The number of nitrogens with two attached hydrogens (primary N) is 1. The quantitative estimate of drug-likeness (QED) is 0.612. The maximum Gasteiger partial charge on any atom is 0.451 e. The van der Waals surface area contributed by atoms with Gasteiger partial charge in [-0.25, -0.2) is 13.2 Å². The lowest BCUT2D eigenvalue weighted by Crippen LogP contribution is -2.33. The zero-order valence-corrected chi connectivity index (χ0v) is 14.4. The van der Waals surface area contributed by atoms with Crippen molar-refractivity contribution in [1.82, 2.24) is 14.8 Å². The van der Waals surface area contributed by atoms with Crippen molar-refractivity contribution in [2.45, 2.75) is 44.4 Å². The van der Waals surface area contributed by atoms with Crippen molar-refractivity contribution in [1.29, 1.82) is 0 Å². The predicted molar refractivity (Wildman–Crippen MR) is 84.5 cm³/mol. The molecule has 2 atom stereocenters. The van der Waals surface area contributed by atoms with Crippen LogP contribution in [0.1, 0.15) is 30.1 Å². The summed E-state index contributed by atoms with van der Waals surface area (Å²) in [5.41, 5.74) is 5.69. The molecule has 1 aromatic heterocycles. The van der Waals surface area contributed by atoms with E-state index in [-0.39, 0.29) is 49.4 Å².